The first-order chi connectivity index (χ1) is 13.2. The van der Waals surface area contributed by atoms with Gasteiger partial charge in [-0.2, -0.15) is 11.3 Å². The van der Waals surface area contributed by atoms with Gasteiger partial charge in [-0.15, -0.1) is 24.0 Å². The van der Waals surface area contributed by atoms with Crippen LogP contribution in [0.4, 0.5) is 0 Å². The molecule has 0 spiro atoms. The predicted octanol–water partition coefficient (Wildman–Crippen LogP) is 4.20. The van der Waals surface area contributed by atoms with Gasteiger partial charge in [0.15, 0.2) is 5.96 Å². The summed E-state index contributed by atoms with van der Waals surface area (Å²) in [7, 11) is 1.85. The van der Waals surface area contributed by atoms with Crippen molar-refractivity contribution in [2.24, 2.45) is 10.9 Å². The molecule has 0 saturated carbocycles. The van der Waals surface area contributed by atoms with E-state index in [0.29, 0.717) is 11.8 Å². The topological polar surface area (TPSA) is 39.7 Å². The van der Waals surface area contributed by atoms with E-state index in [-0.39, 0.29) is 24.0 Å². The number of thiophene rings is 1. The van der Waals surface area contributed by atoms with Gasteiger partial charge in [-0.25, -0.2) is 0 Å². The molecule has 2 heterocycles. The van der Waals surface area contributed by atoms with Gasteiger partial charge >= 0.3 is 0 Å². The Balaban J connectivity index is 0.00000280. The fourth-order valence-corrected chi connectivity index (χ4v) is 4.38. The molecule has 1 saturated heterocycles. The normalized spacial score (nSPS) is 18.5. The van der Waals surface area contributed by atoms with Crippen molar-refractivity contribution in [2.75, 3.05) is 39.8 Å². The van der Waals surface area contributed by atoms with Crippen LogP contribution in [0.25, 0.3) is 0 Å². The molecule has 0 aliphatic carbocycles. The van der Waals surface area contributed by atoms with Crippen LogP contribution in [0.1, 0.15) is 30.4 Å². The Morgan fingerprint density at radius 3 is 2.79 bits per heavy atom. The van der Waals surface area contributed by atoms with Gasteiger partial charge in [0, 0.05) is 33.2 Å². The quantitative estimate of drug-likeness (QED) is 0.317. The molecule has 2 unspecified atom stereocenters. The molecule has 1 fully saturated rings. The lowest BCUT2D eigenvalue weighted by atomic mass is 10.1. The first-order valence-electron chi connectivity index (χ1n) is 9.97. The second-order valence-electron chi connectivity index (χ2n) is 7.48. The molecule has 4 nitrogen and oxygen atoms in total. The number of halogens is 1. The van der Waals surface area contributed by atoms with Gasteiger partial charge in [0.1, 0.15) is 0 Å². The van der Waals surface area contributed by atoms with E-state index in [1.807, 2.05) is 7.05 Å². The van der Waals surface area contributed by atoms with Gasteiger partial charge in [-0.3, -0.25) is 4.99 Å². The zero-order valence-electron chi connectivity index (χ0n) is 16.9. The number of likely N-dealkylation sites (tertiary alicyclic amines) is 1. The Morgan fingerprint density at radius 1 is 1.25 bits per heavy atom. The van der Waals surface area contributed by atoms with Gasteiger partial charge < -0.3 is 15.5 Å². The van der Waals surface area contributed by atoms with Crippen LogP contribution in [0.15, 0.2) is 52.2 Å². The highest BCUT2D eigenvalue weighted by Crippen LogP contribution is 2.17. The molecule has 1 aromatic heterocycles. The van der Waals surface area contributed by atoms with Crippen molar-refractivity contribution in [1.29, 1.82) is 0 Å². The summed E-state index contributed by atoms with van der Waals surface area (Å²) in [4.78, 5) is 6.97. The van der Waals surface area contributed by atoms with E-state index < -0.39 is 0 Å². The van der Waals surface area contributed by atoms with E-state index in [9.17, 15) is 0 Å². The summed E-state index contributed by atoms with van der Waals surface area (Å²) in [5.41, 5.74) is 2.83. The van der Waals surface area contributed by atoms with Crippen LogP contribution < -0.4 is 10.6 Å². The van der Waals surface area contributed by atoms with Crippen molar-refractivity contribution in [3.05, 3.63) is 58.3 Å². The van der Waals surface area contributed by atoms with Gasteiger partial charge in [0.25, 0.3) is 0 Å². The molecule has 3 rings (SSSR count). The second kappa shape index (κ2) is 12.4. The summed E-state index contributed by atoms with van der Waals surface area (Å²) in [6, 6.07) is 13.0. The van der Waals surface area contributed by atoms with E-state index in [0.717, 1.165) is 32.0 Å². The molecule has 1 aromatic carbocycles. The summed E-state index contributed by atoms with van der Waals surface area (Å²) < 4.78 is 0. The number of rotatable bonds is 8. The molecule has 2 atom stereocenters. The van der Waals surface area contributed by atoms with Crippen LogP contribution in [-0.4, -0.2) is 50.6 Å². The first kappa shape index (κ1) is 23.2. The maximum absolute atomic E-state index is 4.38. The Labute approximate surface area is 190 Å². The van der Waals surface area contributed by atoms with Crippen molar-refractivity contribution >= 4 is 41.3 Å². The fourth-order valence-electron chi connectivity index (χ4n) is 3.60. The molecule has 0 amide bonds. The highest BCUT2D eigenvalue weighted by Gasteiger charge is 2.22. The number of hydrogen-bond donors (Lipinski definition) is 2. The summed E-state index contributed by atoms with van der Waals surface area (Å²) >= 11 is 1.76. The van der Waals surface area contributed by atoms with E-state index in [1.165, 1.54) is 30.6 Å². The molecule has 0 radical (unpaired) electrons. The Hall–Kier alpha value is -1.12. The molecular weight excluding hydrogens is 479 g/mol. The SMILES string of the molecule is CN=C(NCC1CCN(CCc2ccccc2)C1)NCC(C)c1ccsc1.I. The molecule has 2 aromatic rings. The van der Waals surface area contributed by atoms with Crippen molar-refractivity contribution < 1.29 is 0 Å². The Bertz CT molecular complexity index is 690. The lowest BCUT2D eigenvalue weighted by Crippen LogP contribution is -2.41. The zero-order valence-corrected chi connectivity index (χ0v) is 20.1. The lowest BCUT2D eigenvalue weighted by molar-refractivity contribution is 0.328. The van der Waals surface area contributed by atoms with Crippen molar-refractivity contribution in [2.45, 2.75) is 25.7 Å². The molecule has 28 heavy (non-hydrogen) atoms. The maximum Gasteiger partial charge on any atom is 0.191 e. The summed E-state index contributed by atoms with van der Waals surface area (Å²) in [6.45, 7) is 7.71. The number of nitrogens with zero attached hydrogens (tertiary/aromatic N) is 2. The minimum atomic E-state index is 0. The van der Waals surface area contributed by atoms with Crippen molar-refractivity contribution in [3.8, 4) is 0 Å². The largest absolute Gasteiger partial charge is 0.356 e. The monoisotopic (exact) mass is 512 g/mol. The molecule has 1 aliphatic heterocycles. The Kier molecular flexibility index (Phi) is 10.3. The van der Waals surface area contributed by atoms with E-state index in [1.54, 1.807) is 11.3 Å². The zero-order chi connectivity index (χ0) is 18.9. The maximum atomic E-state index is 4.38. The van der Waals surface area contributed by atoms with Crippen LogP contribution in [0, 0.1) is 5.92 Å². The smallest absolute Gasteiger partial charge is 0.191 e. The molecule has 2 N–H and O–H groups in total. The van der Waals surface area contributed by atoms with Crippen LogP contribution in [0.2, 0.25) is 0 Å². The Morgan fingerprint density at radius 2 is 2.07 bits per heavy atom. The molecule has 154 valence electrons. The number of guanidine groups is 1. The second-order valence-corrected chi connectivity index (χ2v) is 8.26. The molecule has 1 aliphatic rings. The van der Waals surface area contributed by atoms with Crippen LogP contribution in [-0.2, 0) is 6.42 Å². The summed E-state index contributed by atoms with van der Waals surface area (Å²) in [5, 5.41) is 11.4. The molecule has 6 heteroatoms. The number of nitrogens with one attached hydrogen (secondary N) is 2. The third kappa shape index (κ3) is 7.37. The van der Waals surface area contributed by atoms with Gasteiger partial charge in [-0.05, 0) is 59.2 Å². The standard InChI is InChI=1S/C22H32N4S.HI/c1-18(21-10-13-27-17-21)14-24-22(23-2)25-15-20-9-12-26(16-20)11-8-19-6-4-3-5-7-19;/h3-7,10,13,17-18,20H,8-9,11-12,14-16H2,1-2H3,(H2,23,24,25);1H. The minimum absolute atomic E-state index is 0. The van der Waals surface area contributed by atoms with Crippen molar-refractivity contribution in [1.82, 2.24) is 15.5 Å². The third-order valence-electron chi connectivity index (χ3n) is 5.40. The minimum Gasteiger partial charge on any atom is -0.356 e. The highest BCUT2D eigenvalue weighted by atomic mass is 127. The molecular formula is C22H33IN4S. The van der Waals surface area contributed by atoms with E-state index in [2.05, 4.69) is 74.6 Å². The average Bonchev–Trinajstić information content (AvgIpc) is 3.39. The van der Waals surface area contributed by atoms with Gasteiger partial charge in [0.05, 0.1) is 0 Å². The first-order valence-corrected chi connectivity index (χ1v) is 10.9. The fraction of sp³-hybridized carbons (Fsp3) is 0.500. The van der Waals surface area contributed by atoms with E-state index in [4.69, 9.17) is 0 Å². The summed E-state index contributed by atoms with van der Waals surface area (Å²) in [5.74, 6) is 2.11. The van der Waals surface area contributed by atoms with Gasteiger partial charge in [0.2, 0.25) is 0 Å². The van der Waals surface area contributed by atoms with Crippen LogP contribution in [0.3, 0.4) is 0 Å². The third-order valence-corrected chi connectivity index (χ3v) is 6.10. The van der Waals surface area contributed by atoms with Crippen LogP contribution in [0.5, 0.6) is 0 Å². The highest BCUT2D eigenvalue weighted by molar-refractivity contribution is 14.0. The number of hydrogen-bond acceptors (Lipinski definition) is 3. The molecule has 0 bridgehead atoms. The average molecular weight is 513 g/mol. The van der Waals surface area contributed by atoms with E-state index >= 15 is 0 Å². The van der Waals surface area contributed by atoms with Crippen molar-refractivity contribution in [3.63, 3.8) is 0 Å². The number of benzene rings is 1. The van der Waals surface area contributed by atoms with Crippen LogP contribution >= 0.6 is 35.3 Å². The lowest BCUT2D eigenvalue weighted by Gasteiger charge is -2.18. The predicted molar refractivity (Wildman–Crippen MR) is 132 cm³/mol. The number of aliphatic imine (C=N–C) groups is 1. The van der Waals surface area contributed by atoms with Gasteiger partial charge in [-0.1, -0.05) is 37.3 Å². The summed E-state index contributed by atoms with van der Waals surface area (Å²) in [6.07, 6.45) is 2.41.